The first kappa shape index (κ1) is 7.29. The lowest BCUT2D eigenvalue weighted by Gasteiger charge is -1.90. The minimum absolute atomic E-state index is 0.758. The molecule has 2 heteroatoms. The maximum Gasteiger partial charge on any atom is 0.0406 e. The van der Waals surface area contributed by atoms with Crippen molar-refractivity contribution in [2.24, 2.45) is 4.99 Å². The second-order valence-corrected chi connectivity index (χ2v) is 2.38. The van der Waals surface area contributed by atoms with Crippen LogP contribution in [0.2, 0.25) is 5.02 Å². The van der Waals surface area contributed by atoms with Crippen molar-refractivity contribution in [3.05, 3.63) is 34.9 Å². The summed E-state index contributed by atoms with van der Waals surface area (Å²) in [7, 11) is 1.74. The van der Waals surface area contributed by atoms with E-state index in [1.165, 1.54) is 0 Å². The summed E-state index contributed by atoms with van der Waals surface area (Å²) in [4.78, 5) is 3.87. The summed E-state index contributed by atoms with van der Waals surface area (Å²) in [5, 5.41) is 0.758. The maximum atomic E-state index is 5.67. The highest BCUT2D eigenvalue weighted by atomic mass is 35.5. The molecule has 1 rings (SSSR count). The van der Waals surface area contributed by atoms with E-state index in [0.29, 0.717) is 0 Å². The maximum absolute atomic E-state index is 5.67. The number of halogens is 1. The molecule has 0 aliphatic rings. The average Bonchev–Trinajstić information content (AvgIpc) is 1.95. The molecule has 0 aliphatic heterocycles. The minimum Gasteiger partial charge on any atom is -0.296 e. The molecule has 0 spiro atoms. The van der Waals surface area contributed by atoms with Crippen molar-refractivity contribution in [3.63, 3.8) is 0 Å². The molecule has 10 heavy (non-hydrogen) atoms. The Labute approximate surface area is 65.4 Å². The second-order valence-electron chi connectivity index (χ2n) is 1.94. The average molecular weight is 154 g/mol. The Hall–Kier alpha value is -0.820. The predicted molar refractivity (Wildman–Crippen MR) is 45.0 cm³/mol. The summed E-state index contributed by atoms with van der Waals surface area (Å²) in [6, 6.07) is 7.54. The Morgan fingerprint density at radius 2 is 1.90 bits per heavy atom. The molecule has 0 aromatic heterocycles. The number of benzene rings is 1. The van der Waals surface area contributed by atoms with Gasteiger partial charge in [-0.2, -0.15) is 0 Å². The van der Waals surface area contributed by atoms with Gasteiger partial charge in [-0.25, -0.2) is 0 Å². The third-order valence-electron chi connectivity index (χ3n) is 1.15. The van der Waals surface area contributed by atoms with Crippen LogP contribution < -0.4 is 0 Å². The van der Waals surface area contributed by atoms with Gasteiger partial charge in [-0.05, 0) is 17.7 Å². The highest BCUT2D eigenvalue weighted by Gasteiger charge is 1.85. The Morgan fingerprint density at radius 1 is 1.30 bits per heavy atom. The van der Waals surface area contributed by atoms with E-state index in [0.717, 1.165) is 10.6 Å². The molecule has 0 aliphatic carbocycles. The second kappa shape index (κ2) is 3.37. The van der Waals surface area contributed by atoms with E-state index in [2.05, 4.69) is 4.99 Å². The summed E-state index contributed by atoms with van der Waals surface area (Å²) < 4.78 is 0. The van der Waals surface area contributed by atoms with Gasteiger partial charge in [-0.1, -0.05) is 23.7 Å². The number of aliphatic imine (C=N–C) groups is 1. The lowest BCUT2D eigenvalue weighted by Crippen LogP contribution is -1.77. The number of rotatable bonds is 1. The molecule has 0 radical (unpaired) electrons. The summed E-state index contributed by atoms with van der Waals surface area (Å²) in [5.41, 5.74) is 1.08. The Morgan fingerprint density at radius 3 is 2.40 bits per heavy atom. The van der Waals surface area contributed by atoms with Crippen LogP contribution >= 0.6 is 11.6 Å². The summed E-state index contributed by atoms with van der Waals surface area (Å²) in [6.07, 6.45) is 1.79. The smallest absolute Gasteiger partial charge is 0.0406 e. The van der Waals surface area contributed by atoms with Crippen molar-refractivity contribution in [2.45, 2.75) is 0 Å². The van der Waals surface area contributed by atoms with E-state index in [1.54, 1.807) is 13.3 Å². The SMILES string of the molecule is C/N=C\c1ccc(Cl)cc1. The zero-order valence-electron chi connectivity index (χ0n) is 5.71. The topological polar surface area (TPSA) is 12.4 Å². The fraction of sp³-hybridized carbons (Fsp3) is 0.125. The van der Waals surface area contributed by atoms with Crippen molar-refractivity contribution < 1.29 is 0 Å². The van der Waals surface area contributed by atoms with Crippen LogP contribution in [0.5, 0.6) is 0 Å². The van der Waals surface area contributed by atoms with Crippen molar-refractivity contribution in [1.29, 1.82) is 0 Å². The first-order valence-electron chi connectivity index (χ1n) is 3.00. The van der Waals surface area contributed by atoms with E-state index in [1.807, 2.05) is 24.3 Å². The lowest BCUT2D eigenvalue weighted by atomic mass is 10.2. The van der Waals surface area contributed by atoms with Crippen LogP contribution in [-0.4, -0.2) is 13.3 Å². The van der Waals surface area contributed by atoms with Gasteiger partial charge in [-0.15, -0.1) is 0 Å². The van der Waals surface area contributed by atoms with E-state index in [9.17, 15) is 0 Å². The monoisotopic (exact) mass is 153 g/mol. The van der Waals surface area contributed by atoms with E-state index in [-0.39, 0.29) is 0 Å². The minimum atomic E-state index is 0.758. The van der Waals surface area contributed by atoms with Crippen LogP contribution in [0.4, 0.5) is 0 Å². The molecule has 0 saturated carbocycles. The van der Waals surface area contributed by atoms with Crippen molar-refractivity contribution >= 4 is 17.8 Å². The van der Waals surface area contributed by atoms with Gasteiger partial charge in [0, 0.05) is 18.3 Å². The summed E-state index contributed by atoms with van der Waals surface area (Å²) >= 11 is 5.67. The predicted octanol–water partition coefficient (Wildman–Crippen LogP) is 2.39. The lowest BCUT2D eigenvalue weighted by molar-refractivity contribution is 1.46. The fourth-order valence-electron chi connectivity index (χ4n) is 0.698. The first-order valence-corrected chi connectivity index (χ1v) is 3.38. The van der Waals surface area contributed by atoms with Gasteiger partial charge in [0.05, 0.1) is 0 Å². The normalized spacial score (nSPS) is 10.6. The van der Waals surface area contributed by atoms with Crippen LogP contribution in [-0.2, 0) is 0 Å². The molecule has 0 saturated heterocycles. The number of hydrogen-bond acceptors (Lipinski definition) is 1. The Kier molecular flexibility index (Phi) is 2.46. The third kappa shape index (κ3) is 1.85. The van der Waals surface area contributed by atoms with Gasteiger partial charge < -0.3 is 0 Å². The molecule has 0 bridgehead atoms. The number of nitrogens with zero attached hydrogens (tertiary/aromatic N) is 1. The van der Waals surface area contributed by atoms with Gasteiger partial charge in [-0.3, -0.25) is 4.99 Å². The molecular formula is C8H8ClN. The summed E-state index contributed by atoms with van der Waals surface area (Å²) in [6.45, 7) is 0. The standard InChI is InChI=1S/C8H8ClN/c1-10-6-7-2-4-8(9)5-3-7/h2-6H,1H3/b10-6-. The molecule has 1 aromatic rings. The molecule has 1 nitrogen and oxygen atoms in total. The van der Waals surface area contributed by atoms with E-state index in [4.69, 9.17) is 11.6 Å². The molecule has 0 heterocycles. The zero-order valence-corrected chi connectivity index (χ0v) is 6.47. The molecule has 0 atom stereocenters. The molecule has 1 aromatic carbocycles. The molecule has 0 unspecified atom stereocenters. The highest BCUT2D eigenvalue weighted by molar-refractivity contribution is 6.30. The van der Waals surface area contributed by atoms with Crippen LogP contribution in [0.1, 0.15) is 5.56 Å². The van der Waals surface area contributed by atoms with Gasteiger partial charge in [0.15, 0.2) is 0 Å². The fourth-order valence-corrected chi connectivity index (χ4v) is 0.824. The Bertz CT molecular complexity index is 226. The van der Waals surface area contributed by atoms with Gasteiger partial charge in [0.25, 0.3) is 0 Å². The van der Waals surface area contributed by atoms with Crippen LogP contribution in [0.15, 0.2) is 29.3 Å². The highest BCUT2D eigenvalue weighted by Crippen LogP contribution is 2.07. The first-order chi connectivity index (χ1) is 4.83. The van der Waals surface area contributed by atoms with Crippen molar-refractivity contribution in [2.75, 3.05) is 7.05 Å². The van der Waals surface area contributed by atoms with Crippen LogP contribution in [0, 0.1) is 0 Å². The third-order valence-corrected chi connectivity index (χ3v) is 1.40. The van der Waals surface area contributed by atoms with Crippen molar-refractivity contribution in [3.8, 4) is 0 Å². The van der Waals surface area contributed by atoms with E-state index < -0.39 is 0 Å². The number of hydrogen-bond donors (Lipinski definition) is 0. The van der Waals surface area contributed by atoms with Crippen LogP contribution in [0.25, 0.3) is 0 Å². The molecule has 0 fully saturated rings. The molecule has 0 amide bonds. The van der Waals surface area contributed by atoms with E-state index >= 15 is 0 Å². The quantitative estimate of drug-likeness (QED) is 0.550. The largest absolute Gasteiger partial charge is 0.296 e. The van der Waals surface area contributed by atoms with Gasteiger partial charge >= 0.3 is 0 Å². The van der Waals surface area contributed by atoms with Crippen LogP contribution in [0.3, 0.4) is 0 Å². The Balaban J connectivity index is 2.89. The summed E-state index contributed by atoms with van der Waals surface area (Å²) in [5.74, 6) is 0. The molecule has 52 valence electrons. The van der Waals surface area contributed by atoms with Gasteiger partial charge in [0.2, 0.25) is 0 Å². The zero-order chi connectivity index (χ0) is 7.40. The van der Waals surface area contributed by atoms with Crippen molar-refractivity contribution in [1.82, 2.24) is 0 Å². The molecular weight excluding hydrogens is 146 g/mol. The van der Waals surface area contributed by atoms with Gasteiger partial charge in [0.1, 0.15) is 0 Å². The molecule has 0 N–H and O–H groups in total.